The maximum absolute atomic E-state index is 13.9. The molecule has 0 radical (unpaired) electrons. The van der Waals surface area contributed by atoms with E-state index in [9.17, 15) is 14.0 Å². The molecule has 1 atom stereocenters. The average Bonchev–Trinajstić information content (AvgIpc) is 3.20. The van der Waals surface area contributed by atoms with Crippen LogP contribution in [0.5, 0.6) is 0 Å². The number of unbranched alkanes of at least 4 members (excludes halogenated alkanes) is 1. The normalized spacial score (nSPS) is 11.8. The van der Waals surface area contributed by atoms with Crippen LogP contribution >= 0.6 is 0 Å². The lowest BCUT2D eigenvalue weighted by Crippen LogP contribution is -2.47. The van der Waals surface area contributed by atoms with Gasteiger partial charge in [0.05, 0.1) is 22.7 Å². The summed E-state index contributed by atoms with van der Waals surface area (Å²) in [5, 5.41) is 13.5. The number of carbonyl (C=O) groups excluding carboxylic acids is 2. The van der Waals surface area contributed by atoms with Crippen molar-refractivity contribution in [2.24, 2.45) is 7.05 Å². The number of likely N-dealkylation sites (N-methyl/N-ethyl adjacent to an activating group) is 1. The molecule has 0 unspecified atom stereocenters. The molecule has 0 fully saturated rings. The van der Waals surface area contributed by atoms with Crippen LogP contribution in [-0.2, 0) is 16.6 Å². The summed E-state index contributed by atoms with van der Waals surface area (Å²) in [5.74, 6) is 6.44. The van der Waals surface area contributed by atoms with Gasteiger partial charge in [-0.05, 0) is 58.7 Å². The van der Waals surface area contributed by atoms with Crippen LogP contribution in [-0.4, -0.2) is 68.4 Å². The molecule has 0 aliphatic rings. The fourth-order valence-electron chi connectivity index (χ4n) is 3.69. The minimum atomic E-state index is -0.667. The van der Waals surface area contributed by atoms with Gasteiger partial charge in [0.2, 0.25) is 17.8 Å². The second-order valence-corrected chi connectivity index (χ2v) is 10.6. The van der Waals surface area contributed by atoms with Crippen LogP contribution in [0.1, 0.15) is 59.4 Å². The number of anilines is 3. The van der Waals surface area contributed by atoms with Gasteiger partial charge in [0, 0.05) is 39.3 Å². The zero-order valence-electron chi connectivity index (χ0n) is 24.8. The molecule has 1 aromatic carbocycles. The second-order valence-electron chi connectivity index (χ2n) is 10.6. The number of fused-ring (bicyclic) bond motifs is 1. The smallest absolute Gasteiger partial charge is 0.410 e. The highest BCUT2D eigenvalue weighted by molar-refractivity contribution is 5.85. The van der Waals surface area contributed by atoms with Crippen molar-refractivity contribution < 1.29 is 18.7 Å². The molecule has 2 heterocycles. The number of nitrogens with zero attached hydrogens (tertiary/aromatic N) is 5. The van der Waals surface area contributed by atoms with Crippen molar-refractivity contribution in [1.29, 1.82) is 0 Å². The quantitative estimate of drug-likeness (QED) is 0.241. The Bertz CT molecular complexity index is 1440. The Morgan fingerprint density at radius 3 is 2.71 bits per heavy atom. The molecule has 12 heteroatoms. The van der Waals surface area contributed by atoms with Crippen molar-refractivity contribution >= 4 is 40.4 Å². The number of halogens is 1. The van der Waals surface area contributed by atoms with Crippen molar-refractivity contribution in [3.05, 3.63) is 35.9 Å². The Morgan fingerprint density at radius 1 is 1.24 bits per heavy atom. The molecule has 2 aromatic heterocycles. The maximum atomic E-state index is 13.9. The van der Waals surface area contributed by atoms with E-state index in [1.54, 1.807) is 59.1 Å². The van der Waals surface area contributed by atoms with E-state index < -0.39 is 23.7 Å². The van der Waals surface area contributed by atoms with E-state index in [2.05, 4.69) is 49.8 Å². The number of hydrogen-bond donors (Lipinski definition) is 3. The number of benzene rings is 1. The van der Waals surface area contributed by atoms with E-state index in [0.29, 0.717) is 59.9 Å². The van der Waals surface area contributed by atoms with Crippen molar-refractivity contribution in [3.63, 3.8) is 0 Å². The van der Waals surface area contributed by atoms with Gasteiger partial charge in [-0.2, -0.15) is 9.37 Å². The summed E-state index contributed by atoms with van der Waals surface area (Å²) >= 11 is 0. The molecule has 0 saturated carbocycles. The summed E-state index contributed by atoms with van der Waals surface area (Å²) in [7, 11) is 3.23. The first-order valence-electron chi connectivity index (χ1n) is 13.6. The van der Waals surface area contributed by atoms with Crippen LogP contribution in [0.15, 0.2) is 24.4 Å². The summed E-state index contributed by atoms with van der Waals surface area (Å²) < 4.78 is 20.7. The summed E-state index contributed by atoms with van der Waals surface area (Å²) in [6.45, 7) is 10.2. The molecule has 11 nitrogen and oxygen atoms in total. The van der Waals surface area contributed by atoms with E-state index in [1.165, 1.54) is 16.6 Å². The van der Waals surface area contributed by atoms with Gasteiger partial charge in [-0.25, -0.2) is 9.78 Å². The maximum Gasteiger partial charge on any atom is 0.410 e. The van der Waals surface area contributed by atoms with E-state index in [1.807, 2.05) is 0 Å². The lowest BCUT2D eigenvalue weighted by Gasteiger charge is -2.28. The number of carbonyl (C=O) groups is 2. The number of amides is 2. The van der Waals surface area contributed by atoms with Crippen molar-refractivity contribution in [2.45, 2.75) is 65.5 Å². The number of aryl methyl sites for hydroxylation is 1. The minimum Gasteiger partial charge on any atom is -0.444 e. The first-order valence-corrected chi connectivity index (χ1v) is 13.6. The standard InChI is InChI=1S/C29H39FN8O3/c1-8-15-31-25-20(12-10-9-11-16-32-26(39)19(2)37(6)28(40)41-29(3,4)5)18-33-27(35-25)34-21-13-14-22-23(17-21)38(7)36-24(22)30/h13-14,17-19H,8-9,11,15-16H2,1-7H3,(H,32,39)(H2,31,33,34,35)/t19-/m0/s1. The van der Waals surface area contributed by atoms with Crippen LogP contribution in [0.25, 0.3) is 10.9 Å². The molecule has 3 aromatic rings. The fraction of sp³-hybridized carbons (Fsp3) is 0.483. The largest absolute Gasteiger partial charge is 0.444 e. The Kier molecular flexibility index (Phi) is 10.5. The highest BCUT2D eigenvalue weighted by Gasteiger charge is 2.26. The van der Waals surface area contributed by atoms with Gasteiger partial charge in [-0.1, -0.05) is 18.8 Å². The van der Waals surface area contributed by atoms with Crippen molar-refractivity contribution in [3.8, 4) is 11.8 Å². The Morgan fingerprint density at radius 2 is 2.00 bits per heavy atom. The molecule has 3 N–H and O–H groups in total. The molecule has 0 bridgehead atoms. The Balaban J connectivity index is 1.56. The van der Waals surface area contributed by atoms with E-state index >= 15 is 0 Å². The molecule has 0 aliphatic heterocycles. The zero-order valence-corrected chi connectivity index (χ0v) is 24.8. The predicted octanol–water partition coefficient (Wildman–Crippen LogP) is 4.57. The van der Waals surface area contributed by atoms with Crippen LogP contribution in [0.3, 0.4) is 0 Å². The number of ether oxygens (including phenoxy) is 1. The Labute approximate surface area is 240 Å². The monoisotopic (exact) mass is 566 g/mol. The molecule has 41 heavy (non-hydrogen) atoms. The highest BCUT2D eigenvalue weighted by Crippen LogP contribution is 2.23. The van der Waals surface area contributed by atoms with Gasteiger partial charge in [0.25, 0.3) is 0 Å². The zero-order chi connectivity index (χ0) is 30.2. The molecule has 0 aliphatic carbocycles. The SMILES string of the molecule is CCCNc1nc(Nc2ccc3c(F)nn(C)c3c2)ncc1C#CCCCNC(=O)[C@H](C)N(C)C(=O)OC(C)(C)C. The predicted molar refractivity (Wildman–Crippen MR) is 157 cm³/mol. The van der Waals surface area contributed by atoms with Gasteiger partial charge in [-0.15, -0.1) is 5.10 Å². The van der Waals surface area contributed by atoms with Crippen LogP contribution < -0.4 is 16.0 Å². The first-order chi connectivity index (χ1) is 19.4. The molecule has 3 rings (SSSR count). The van der Waals surface area contributed by atoms with Crippen LogP contribution in [0.2, 0.25) is 0 Å². The summed E-state index contributed by atoms with van der Waals surface area (Å²) in [5.41, 5.74) is 1.38. The third-order valence-electron chi connectivity index (χ3n) is 6.04. The van der Waals surface area contributed by atoms with Crippen molar-refractivity contribution in [2.75, 3.05) is 30.8 Å². The van der Waals surface area contributed by atoms with Gasteiger partial charge < -0.3 is 20.7 Å². The summed E-state index contributed by atoms with van der Waals surface area (Å²) in [6.07, 6.45) is 3.19. The van der Waals surface area contributed by atoms with E-state index in [0.717, 1.165) is 6.42 Å². The number of rotatable bonds is 10. The van der Waals surface area contributed by atoms with Gasteiger partial charge >= 0.3 is 6.09 Å². The minimum absolute atomic E-state index is 0.262. The van der Waals surface area contributed by atoms with E-state index in [4.69, 9.17) is 4.74 Å². The van der Waals surface area contributed by atoms with E-state index in [-0.39, 0.29) is 5.91 Å². The van der Waals surface area contributed by atoms with Crippen LogP contribution in [0.4, 0.5) is 26.6 Å². The van der Waals surface area contributed by atoms with Crippen LogP contribution in [0, 0.1) is 17.8 Å². The second kappa shape index (κ2) is 13.8. The van der Waals surface area contributed by atoms with Gasteiger partial charge in [-0.3, -0.25) is 14.4 Å². The molecule has 2 amide bonds. The summed E-state index contributed by atoms with van der Waals surface area (Å²) in [6, 6.07) is 4.53. The first kappa shape index (κ1) is 31.1. The number of nitrogens with one attached hydrogen (secondary N) is 3. The number of hydrogen-bond acceptors (Lipinski definition) is 8. The van der Waals surface area contributed by atoms with Crippen molar-refractivity contribution in [1.82, 2.24) is 30.0 Å². The highest BCUT2D eigenvalue weighted by atomic mass is 19.1. The molecule has 220 valence electrons. The topological polar surface area (TPSA) is 126 Å². The fourth-order valence-corrected chi connectivity index (χ4v) is 3.69. The lowest BCUT2D eigenvalue weighted by molar-refractivity contribution is -0.125. The number of aromatic nitrogens is 4. The third kappa shape index (κ3) is 8.79. The lowest BCUT2D eigenvalue weighted by atomic mass is 10.2. The summed E-state index contributed by atoms with van der Waals surface area (Å²) in [4.78, 5) is 34.9. The molecule has 0 spiro atoms. The molecular weight excluding hydrogens is 527 g/mol. The third-order valence-corrected chi connectivity index (χ3v) is 6.04. The van der Waals surface area contributed by atoms with Gasteiger partial charge in [0.1, 0.15) is 17.5 Å². The van der Waals surface area contributed by atoms with Gasteiger partial charge in [0.15, 0.2) is 0 Å². The molecule has 0 saturated heterocycles. The average molecular weight is 567 g/mol. The Hall–Kier alpha value is -4.40. The molecular formula is C29H39FN8O3.